The van der Waals surface area contributed by atoms with Crippen LogP contribution in [0.15, 0.2) is 24.3 Å². The van der Waals surface area contributed by atoms with Crippen LogP contribution in [0.1, 0.15) is 20.8 Å². The zero-order chi connectivity index (χ0) is 13.1. The number of carbonyl (C=O) groups is 2. The van der Waals surface area contributed by atoms with E-state index in [1.54, 1.807) is 24.3 Å². The Hall–Kier alpha value is -2.04. The zero-order valence-corrected chi connectivity index (χ0v) is 10.1. The monoisotopic (exact) mass is 236 g/mol. The minimum atomic E-state index is -1.11. The standard InChI is InChI=1S/C12H16N2O3/c1-12(2,3)10(15)13-8-4-6-9(7-5-8)14-11(16)17/h4-7,14H,1-3H3,(H,13,15)(H,16,17). The number of nitrogens with one attached hydrogen (secondary N) is 2. The number of anilines is 2. The summed E-state index contributed by atoms with van der Waals surface area (Å²) in [5.74, 6) is -0.0866. The van der Waals surface area contributed by atoms with Gasteiger partial charge < -0.3 is 10.4 Å². The van der Waals surface area contributed by atoms with E-state index in [0.29, 0.717) is 11.4 Å². The molecule has 0 aliphatic heterocycles. The molecular weight excluding hydrogens is 220 g/mol. The molecule has 0 radical (unpaired) electrons. The summed E-state index contributed by atoms with van der Waals surface area (Å²) in [6.07, 6.45) is -1.11. The van der Waals surface area contributed by atoms with Crippen LogP contribution in [0.3, 0.4) is 0 Å². The van der Waals surface area contributed by atoms with Crippen molar-refractivity contribution >= 4 is 23.4 Å². The van der Waals surface area contributed by atoms with E-state index in [4.69, 9.17) is 5.11 Å². The summed E-state index contributed by atoms with van der Waals surface area (Å²) in [6, 6.07) is 6.47. The number of rotatable bonds is 2. The summed E-state index contributed by atoms with van der Waals surface area (Å²) in [5, 5.41) is 13.5. The van der Waals surface area contributed by atoms with Crippen molar-refractivity contribution in [1.29, 1.82) is 0 Å². The van der Waals surface area contributed by atoms with Crippen LogP contribution >= 0.6 is 0 Å². The van der Waals surface area contributed by atoms with Gasteiger partial charge in [0, 0.05) is 16.8 Å². The average Bonchev–Trinajstić information content (AvgIpc) is 2.18. The number of hydrogen-bond acceptors (Lipinski definition) is 2. The molecule has 1 rings (SSSR count). The summed E-state index contributed by atoms with van der Waals surface area (Å²) in [7, 11) is 0. The van der Waals surface area contributed by atoms with E-state index in [1.807, 2.05) is 20.8 Å². The first-order chi connectivity index (χ1) is 7.79. The van der Waals surface area contributed by atoms with Gasteiger partial charge in [0.15, 0.2) is 0 Å². The van der Waals surface area contributed by atoms with Crippen molar-refractivity contribution in [3.05, 3.63) is 24.3 Å². The van der Waals surface area contributed by atoms with Crippen LogP contribution in [0.25, 0.3) is 0 Å². The Kier molecular flexibility index (Phi) is 3.73. The summed E-state index contributed by atoms with van der Waals surface area (Å²) in [6.45, 7) is 5.47. The van der Waals surface area contributed by atoms with Gasteiger partial charge in [-0.15, -0.1) is 0 Å². The Morgan fingerprint density at radius 1 is 1.00 bits per heavy atom. The molecule has 5 heteroatoms. The molecule has 1 aromatic carbocycles. The van der Waals surface area contributed by atoms with Gasteiger partial charge in [0.25, 0.3) is 0 Å². The van der Waals surface area contributed by atoms with E-state index in [0.717, 1.165) is 0 Å². The molecule has 0 saturated heterocycles. The summed E-state index contributed by atoms with van der Waals surface area (Å²) < 4.78 is 0. The zero-order valence-electron chi connectivity index (χ0n) is 10.1. The average molecular weight is 236 g/mol. The second kappa shape index (κ2) is 4.86. The molecule has 0 bridgehead atoms. The van der Waals surface area contributed by atoms with E-state index in [-0.39, 0.29) is 5.91 Å². The molecule has 0 aromatic heterocycles. The predicted octanol–water partition coefficient (Wildman–Crippen LogP) is 2.76. The van der Waals surface area contributed by atoms with Gasteiger partial charge in [0.2, 0.25) is 5.91 Å². The van der Waals surface area contributed by atoms with Gasteiger partial charge in [-0.25, -0.2) is 4.79 Å². The highest BCUT2D eigenvalue weighted by atomic mass is 16.4. The molecule has 0 aliphatic rings. The Labute approximate surface area is 99.8 Å². The van der Waals surface area contributed by atoms with Crippen LogP contribution < -0.4 is 10.6 Å². The van der Waals surface area contributed by atoms with Crippen LogP contribution in [0, 0.1) is 5.41 Å². The third-order valence-electron chi connectivity index (χ3n) is 2.08. The lowest BCUT2D eigenvalue weighted by Crippen LogP contribution is -2.27. The number of amides is 2. The van der Waals surface area contributed by atoms with Crippen molar-refractivity contribution < 1.29 is 14.7 Å². The molecule has 0 spiro atoms. The molecule has 0 heterocycles. The fourth-order valence-electron chi connectivity index (χ4n) is 1.08. The van der Waals surface area contributed by atoms with Crippen molar-refractivity contribution in [2.24, 2.45) is 5.41 Å². The smallest absolute Gasteiger partial charge is 0.409 e. The van der Waals surface area contributed by atoms with Gasteiger partial charge in [0.1, 0.15) is 0 Å². The topological polar surface area (TPSA) is 78.4 Å². The SMILES string of the molecule is CC(C)(C)C(=O)Nc1ccc(NC(=O)O)cc1. The van der Waals surface area contributed by atoms with Crippen LogP contribution in [-0.2, 0) is 4.79 Å². The molecule has 92 valence electrons. The molecule has 5 nitrogen and oxygen atoms in total. The summed E-state index contributed by atoms with van der Waals surface area (Å²) >= 11 is 0. The van der Waals surface area contributed by atoms with Crippen molar-refractivity contribution in [2.45, 2.75) is 20.8 Å². The molecule has 3 N–H and O–H groups in total. The fourth-order valence-corrected chi connectivity index (χ4v) is 1.08. The molecule has 2 amide bonds. The number of carboxylic acid groups (broad SMARTS) is 1. The maximum absolute atomic E-state index is 11.7. The largest absolute Gasteiger partial charge is 0.465 e. The van der Waals surface area contributed by atoms with Crippen molar-refractivity contribution in [3.8, 4) is 0 Å². The highest BCUT2D eigenvalue weighted by molar-refractivity contribution is 5.94. The molecule has 0 aliphatic carbocycles. The quantitative estimate of drug-likeness (QED) is 0.738. The second-order valence-corrected chi connectivity index (χ2v) is 4.71. The minimum absolute atomic E-state index is 0.0866. The van der Waals surface area contributed by atoms with Crippen LogP contribution in [0.4, 0.5) is 16.2 Å². The normalized spacial score (nSPS) is 10.8. The van der Waals surface area contributed by atoms with Gasteiger partial charge in [-0.2, -0.15) is 0 Å². The lowest BCUT2D eigenvalue weighted by Gasteiger charge is -2.17. The van der Waals surface area contributed by atoms with Gasteiger partial charge in [0.05, 0.1) is 0 Å². The van der Waals surface area contributed by atoms with E-state index >= 15 is 0 Å². The van der Waals surface area contributed by atoms with Crippen molar-refractivity contribution in [3.63, 3.8) is 0 Å². The fraction of sp³-hybridized carbons (Fsp3) is 0.333. The number of hydrogen-bond donors (Lipinski definition) is 3. The predicted molar refractivity (Wildman–Crippen MR) is 66.2 cm³/mol. The Morgan fingerprint density at radius 3 is 1.76 bits per heavy atom. The lowest BCUT2D eigenvalue weighted by atomic mass is 9.95. The first-order valence-corrected chi connectivity index (χ1v) is 5.20. The molecule has 17 heavy (non-hydrogen) atoms. The van der Waals surface area contributed by atoms with Gasteiger partial charge >= 0.3 is 6.09 Å². The molecule has 1 aromatic rings. The van der Waals surface area contributed by atoms with Crippen LogP contribution in [-0.4, -0.2) is 17.1 Å². The summed E-state index contributed by atoms with van der Waals surface area (Å²) in [4.78, 5) is 22.1. The number of benzene rings is 1. The molecule has 0 unspecified atom stereocenters. The molecular formula is C12H16N2O3. The molecule has 0 saturated carbocycles. The highest BCUT2D eigenvalue weighted by Crippen LogP contribution is 2.18. The molecule has 0 fully saturated rings. The maximum Gasteiger partial charge on any atom is 0.409 e. The third kappa shape index (κ3) is 4.14. The van der Waals surface area contributed by atoms with E-state index < -0.39 is 11.5 Å². The highest BCUT2D eigenvalue weighted by Gasteiger charge is 2.20. The van der Waals surface area contributed by atoms with E-state index in [1.165, 1.54) is 0 Å². The van der Waals surface area contributed by atoms with E-state index in [9.17, 15) is 9.59 Å². The van der Waals surface area contributed by atoms with Crippen LogP contribution in [0.2, 0.25) is 0 Å². The lowest BCUT2D eigenvalue weighted by molar-refractivity contribution is -0.123. The van der Waals surface area contributed by atoms with E-state index in [2.05, 4.69) is 10.6 Å². The summed E-state index contributed by atoms with van der Waals surface area (Å²) in [5.41, 5.74) is 0.643. The molecule has 0 atom stereocenters. The minimum Gasteiger partial charge on any atom is -0.465 e. The third-order valence-corrected chi connectivity index (χ3v) is 2.08. The first-order valence-electron chi connectivity index (χ1n) is 5.20. The number of carbonyl (C=O) groups excluding carboxylic acids is 1. The Balaban J connectivity index is 2.69. The van der Waals surface area contributed by atoms with Crippen molar-refractivity contribution in [2.75, 3.05) is 10.6 Å². The Bertz CT molecular complexity index is 418. The van der Waals surface area contributed by atoms with Gasteiger partial charge in [-0.1, -0.05) is 20.8 Å². The van der Waals surface area contributed by atoms with Gasteiger partial charge in [-0.05, 0) is 24.3 Å². The first kappa shape index (κ1) is 13.0. The van der Waals surface area contributed by atoms with Crippen molar-refractivity contribution in [1.82, 2.24) is 0 Å². The Morgan fingerprint density at radius 2 is 1.41 bits per heavy atom. The second-order valence-electron chi connectivity index (χ2n) is 4.71. The maximum atomic E-state index is 11.7. The van der Waals surface area contributed by atoms with Gasteiger partial charge in [-0.3, -0.25) is 10.1 Å². The van der Waals surface area contributed by atoms with Crippen LogP contribution in [0.5, 0.6) is 0 Å².